The van der Waals surface area contributed by atoms with Crippen molar-refractivity contribution in [2.45, 2.75) is 52.7 Å². The summed E-state index contributed by atoms with van der Waals surface area (Å²) in [5.41, 5.74) is -0.620. The largest absolute Gasteiger partial charge is 0.458 e. The van der Waals surface area contributed by atoms with Crippen molar-refractivity contribution in [2.24, 2.45) is 5.92 Å². The van der Waals surface area contributed by atoms with Crippen LogP contribution in [-0.2, 0) is 9.53 Å². The number of esters is 1. The van der Waals surface area contributed by atoms with Crippen LogP contribution in [0.25, 0.3) is 0 Å². The molecule has 0 aromatic heterocycles. The van der Waals surface area contributed by atoms with Crippen molar-refractivity contribution in [3.63, 3.8) is 0 Å². The molecule has 24 heavy (non-hydrogen) atoms. The highest BCUT2D eigenvalue weighted by atomic mass is 79.9. The minimum atomic E-state index is -0.803. The van der Waals surface area contributed by atoms with Gasteiger partial charge in [0.1, 0.15) is 17.5 Å². The predicted molar refractivity (Wildman–Crippen MR) is 95.3 cm³/mol. The standard InChI is InChI=1S/C17H24BrFN2O3/c1-10(2)8-14(15(22)24-17(3,4)5)21-16(23)20-13-7-6-11(18)9-12(13)19/h6-7,9-10,14H,8H2,1-5H3,(H2,20,21,23). The average molecular weight is 403 g/mol. The summed E-state index contributed by atoms with van der Waals surface area (Å²) in [5, 5.41) is 4.96. The highest BCUT2D eigenvalue weighted by molar-refractivity contribution is 9.10. The Morgan fingerprint density at radius 3 is 2.42 bits per heavy atom. The molecule has 0 aliphatic heterocycles. The summed E-state index contributed by atoms with van der Waals surface area (Å²) in [7, 11) is 0. The van der Waals surface area contributed by atoms with E-state index >= 15 is 0 Å². The maximum Gasteiger partial charge on any atom is 0.329 e. The van der Waals surface area contributed by atoms with E-state index in [0.29, 0.717) is 10.9 Å². The maximum absolute atomic E-state index is 13.8. The number of hydrogen-bond donors (Lipinski definition) is 2. The zero-order valence-corrected chi connectivity index (χ0v) is 16.2. The van der Waals surface area contributed by atoms with E-state index in [1.54, 1.807) is 26.8 Å². The van der Waals surface area contributed by atoms with E-state index in [2.05, 4.69) is 26.6 Å². The van der Waals surface area contributed by atoms with Gasteiger partial charge in [0, 0.05) is 4.47 Å². The van der Waals surface area contributed by atoms with Crippen LogP contribution in [0, 0.1) is 11.7 Å². The van der Waals surface area contributed by atoms with Gasteiger partial charge in [-0.3, -0.25) is 0 Å². The lowest BCUT2D eigenvalue weighted by atomic mass is 10.0. The zero-order chi connectivity index (χ0) is 18.5. The molecule has 0 saturated heterocycles. The van der Waals surface area contributed by atoms with Gasteiger partial charge in [0.05, 0.1) is 5.69 Å². The summed E-state index contributed by atoms with van der Waals surface area (Å²) in [4.78, 5) is 24.4. The van der Waals surface area contributed by atoms with Gasteiger partial charge in [-0.05, 0) is 51.3 Å². The second kappa shape index (κ2) is 8.46. The molecule has 0 heterocycles. The first-order valence-corrected chi connectivity index (χ1v) is 8.52. The number of amides is 2. The fourth-order valence-corrected chi connectivity index (χ4v) is 2.30. The first-order valence-electron chi connectivity index (χ1n) is 7.73. The number of hydrogen-bond acceptors (Lipinski definition) is 3. The third-order valence-corrected chi connectivity index (χ3v) is 3.38. The fraction of sp³-hybridized carbons (Fsp3) is 0.529. The van der Waals surface area contributed by atoms with Gasteiger partial charge in [-0.1, -0.05) is 29.8 Å². The van der Waals surface area contributed by atoms with Crippen LogP contribution in [-0.4, -0.2) is 23.6 Å². The van der Waals surface area contributed by atoms with E-state index in [9.17, 15) is 14.0 Å². The monoisotopic (exact) mass is 402 g/mol. The summed E-state index contributed by atoms with van der Waals surface area (Å²) >= 11 is 3.15. The van der Waals surface area contributed by atoms with Gasteiger partial charge in [0.25, 0.3) is 0 Å². The van der Waals surface area contributed by atoms with E-state index in [1.807, 2.05) is 13.8 Å². The topological polar surface area (TPSA) is 67.4 Å². The van der Waals surface area contributed by atoms with Gasteiger partial charge >= 0.3 is 12.0 Å². The third-order valence-electron chi connectivity index (χ3n) is 2.88. The lowest BCUT2D eigenvalue weighted by Crippen LogP contribution is -2.46. The maximum atomic E-state index is 13.8. The molecule has 1 aromatic carbocycles. The molecule has 0 aliphatic carbocycles. The summed E-state index contributed by atoms with van der Waals surface area (Å²) in [6, 6.07) is 2.83. The highest BCUT2D eigenvalue weighted by Crippen LogP contribution is 2.19. The lowest BCUT2D eigenvalue weighted by Gasteiger charge is -2.25. The van der Waals surface area contributed by atoms with Crippen molar-refractivity contribution in [3.8, 4) is 0 Å². The van der Waals surface area contributed by atoms with E-state index in [-0.39, 0.29) is 11.6 Å². The van der Waals surface area contributed by atoms with Gasteiger partial charge in [0.15, 0.2) is 0 Å². The Bertz CT molecular complexity index is 600. The Morgan fingerprint density at radius 1 is 1.29 bits per heavy atom. The Hall–Kier alpha value is -1.63. The molecule has 0 radical (unpaired) electrons. The van der Waals surface area contributed by atoms with E-state index in [0.717, 1.165) is 0 Å². The number of anilines is 1. The van der Waals surface area contributed by atoms with Crippen LogP contribution in [0.4, 0.5) is 14.9 Å². The molecule has 0 bridgehead atoms. The second-order valence-electron chi connectivity index (χ2n) is 6.94. The number of benzene rings is 1. The van der Waals surface area contributed by atoms with Crippen LogP contribution < -0.4 is 10.6 Å². The average Bonchev–Trinajstić information content (AvgIpc) is 2.38. The van der Waals surface area contributed by atoms with Gasteiger partial charge in [-0.15, -0.1) is 0 Å². The minimum Gasteiger partial charge on any atom is -0.458 e. The molecule has 0 saturated carbocycles. The minimum absolute atomic E-state index is 0.0307. The summed E-state index contributed by atoms with van der Waals surface area (Å²) in [6.07, 6.45) is 0.422. The van der Waals surface area contributed by atoms with Gasteiger partial charge in [-0.2, -0.15) is 0 Å². The highest BCUT2D eigenvalue weighted by Gasteiger charge is 2.27. The van der Waals surface area contributed by atoms with Crippen molar-refractivity contribution in [2.75, 3.05) is 5.32 Å². The summed E-state index contributed by atoms with van der Waals surface area (Å²) < 4.78 is 19.7. The second-order valence-corrected chi connectivity index (χ2v) is 7.85. The molecule has 0 fully saturated rings. The molecule has 134 valence electrons. The Kier molecular flexibility index (Phi) is 7.20. The van der Waals surface area contributed by atoms with Crippen LogP contribution in [0.2, 0.25) is 0 Å². The molecule has 1 atom stereocenters. The summed E-state index contributed by atoms with van der Waals surface area (Å²) in [5.74, 6) is -0.910. The molecule has 1 rings (SSSR count). The van der Waals surface area contributed by atoms with Crippen LogP contribution in [0.15, 0.2) is 22.7 Å². The zero-order valence-electron chi connectivity index (χ0n) is 14.6. The normalized spacial score (nSPS) is 12.7. The predicted octanol–water partition coefficient (Wildman–Crippen LogP) is 4.47. The van der Waals surface area contributed by atoms with Crippen LogP contribution in [0.5, 0.6) is 0 Å². The first-order chi connectivity index (χ1) is 11.0. The Balaban J connectivity index is 2.78. The van der Waals surface area contributed by atoms with Crippen molar-refractivity contribution in [1.82, 2.24) is 5.32 Å². The quantitative estimate of drug-likeness (QED) is 0.713. The van der Waals surface area contributed by atoms with Crippen molar-refractivity contribution in [3.05, 3.63) is 28.5 Å². The van der Waals surface area contributed by atoms with Gasteiger partial charge in [0.2, 0.25) is 0 Å². The Labute approximate surface area is 150 Å². The van der Waals surface area contributed by atoms with Crippen molar-refractivity contribution >= 4 is 33.6 Å². The summed E-state index contributed by atoms with van der Waals surface area (Å²) in [6.45, 7) is 9.15. The Morgan fingerprint density at radius 2 is 1.92 bits per heavy atom. The number of nitrogens with one attached hydrogen (secondary N) is 2. The number of halogens is 2. The molecular weight excluding hydrogens is 379 g/mol. The number of carbonyl (C=O) groups excluding carboxylic acids is 2. The lowest BCUT2D eigenvalue weighted by molar-refractivity contribution is -0.157. The molecule has 1 unspecified atom stereocenters. The smallest absolute Gasteiger partial charge is 0.329 e. The number of rotatable bonds is 5. The number of urea groups is 1. The number of carbonyl (C=O) groups is 2. The molecular formula is C17H24BrFN2O3. The van der Waals surface area contributed by atoms with Crippen LogP contribution in [0.1, 0.15) is 41.0 Å². The van der Waals surface area contributed by atoms with E-state index in [1.165, 1.54) is 12.1 Å². The molecule has 2 amide bonds. The van der Waals surface area contributed by atoms with Crippen molar-refractivity contribution in [1.29, 1.82) is 0 Å². The molecule has 1 aromatic rings. The van der Waals surface area contributed by atoms with Crippen LogP contribution >= 0.6 is 15.9 Å². The van der Waals surface area contributed by atoms with E-state index in [4.69, 9.17) is 4.74 Å². The fourth-order valence-electron chi connectivity index (χ4n) is 1.97. The third kappa shape index (κ3) is 7.29. The molecule has 2 N–H and O–H groups in total. The first kappa shape index (κ1) is 20.4. The van der Waals surface area contributed by atoms with Crippen LogP contribution in [0.3, 0.4) is 0 Å². The molecule has 0 aliphatic rings. The van der Waals surface area contributed by atoms with Gasteiger partial charge in [-0.25, -0.2) is 14.0 Å². The molecule has 0 spiro atoms. The SMILES string of the molecule is CC(C)CC(NC(=O)Nc1ccc(Br)cc1F)C(=O)OC(C)(C)C. The van der Waals surface area contributed by atoms with Gasteiger partial charge < -0.3 is 15.4 Å². The van der Waals surface area contributed by atoms with E-state index < -0.39 is 29.5 Å². The molecule has 7 heteroatoms. The molecule has 5 nitrogen and oxygen atoms in total. The van der Waals surface area contributed by atoms with Crippen molar-refractivity contribution < 1.29 is 18.7 Å². The number of ether oxygens (including phenoxy) is 1.